The minimum absolute atomic E-state index is 0.0704. The fraction of sp³-hybridized carbons (Fsp3) is 0.176. The van der Waals surface area contributed by atoms with Crippen LogP contribution in [0.5, 0.6) is 11.6 Å². The molecule has 6 heteroatoms. The number of hydrogen-bond donors (Lipinski definition) is 1. The summed E-state index contributed by atoms with van der Waals surface area (Å²) in [6.07, 6.45) is 6.98. The number of rotatable bonds is 6. The number of benzene rings is 1. The predicted molar refractivity (Wildman–Crippen MR) is 85.4 cm³/mol. The molecule has 1 N–H and O–H groups in total. The molecule has 1 aromatic heterocycles. The van der Waals surface area contributed by atoms with E-state index < -0.39 is 0 Å². The maximum atomic E-state index is 11.8. The Morgan fingerprint density at radius 2 is 2.13 bits per heavy atom. The van der Waals surface area contributed by atoms with E-state index in [1.54, 1.807) is 36.7 Å². The van der Waals surface area contributed by atoms with Gasteiger partial charge in [-0.25, -0.2) is 4.98 Å². The monoisotopic (exact) mass is 308 g/mol. The molecule has 6 nitrogen and oxygen atoms in total. The molecule has 2 rings (SSSR count). The Hall–Kier alpha value is -3.20. The van der Waals surface area contributed by atoms with Crippen molar-refractivity contribution in [2.75, 3.05) is 6.54 Å². The SMILES string of the molecule is CCCNC(=O)/C(C#N)=C\c1ccc(Oc2cnccn2)cc1. The minimum Gasteiger partial charge on any atom is -0.438 e. The third kappa shape index (κ3) is 4.93. The number of nitrogens with one attached hydrogen (secondary N) is 1. The summed E-state index contributed by atoms with van der Waals surface area (Å²) in [5.74, 6) is 0.623. The van der Waals surface area contributed by atoms with Crippen molar-refractivity contribution >= 4 is 12.0 Å². The molecular formula is C17H16N4O2. The summed E-state index contributed by atoms with van der Waals surface area (Å²) < 4.78 is 5.53. The van der Waals surface area contributed by atoms with Crippen LogP contribution in [0.15, 0.2) is 48.4 Å². The lowest BCUT2D eigenvalue weighted by atomic mass is 10.1. The highest BCUT2D eigenvalue weighted by Crippen LogP contribution is 2.19. The lowest BCUT2D eigenvalue weighted by Crippen LogP contribution is -2.25. The normalized spacial score (nSPS) is 10.7. The average Bonchev–Trinajstić information content (AvgIpc) is 2.60. The van der Waals surface area contributed by atoms with Crippen molar-refractivity contribution in [3.05, 3.63) is 54.0 Å². The quantitative estimate of drug-likeness (QED) is 0.655. The molecule has 0 atom stereocenters. The van der Waals surface area contributed by atoms with E-state index in [4.69, 9.17) is 10.00 Å². The largest absolute Gasteiger partial charge is 0.438 e. The summed E-state index contributed by atoms with van der Waals surface area (Å²) in [5.41, 5.74) is 0.806. The Kier molecular flexibility index (Phi) is 5.83. The van der Waals surface area contributed by atoms with Crippen molar-refractivity contribution in [1.82, 2.24) is 15.3 Å². The van der Waals surface area contributed by atoms with E-state index >= 15 is 0 Å². The Balaban J connectivity index is 2.08. The fourth-order valence-electron chi connectivity index (χ4n) is 1.74. The van der Waals surface area contributed by atoms with Gasteiger partial charge in [0, 0.05) is 18.9 Å². The number of carbonyl (C=O) groups is 1. The van der Waals surface area contributed by atoms with Crippen molar-refractivity contribution in [2.24, 2.45) is 0 Å². The van der Waals surface area contributed by atoms with Gasteiger partial charge in [-0.05, 0) is 30.2 Å². The van der Waals surface area contributed by atoms with Gasteiger partial charge in [0.2, 0.25) is 5.88 Å². The highest BCUT2D eigenvalue weighted by Gasteiger charge is 2.07. The van der Waals surface area contributed by atoms with Crippen LogP contribution in [0.4, 0.5) is 0 Å². The first-order valence-electron chi connectivity index (χ1n) is 7.17. The maximum absolute atomic E-state index is 11.8. The average molecular weight is 308 g/mol. The van der Waals surface area contributed by atoms with Crippen molar-refractivity contribution in [2.45, 2.75) is 13.3 Å². The topological polar surface area (TPSA) is 87.9 Å². The molecule has 0 fully saturated rings. The molecule has 0 bridgehead atoms. The molecule has 0 aliphatic carbocycles. The van der Waals surface area contributed by atoms with Gasteiger partial charge in [-0.1, -0.05) is 19.1 Å². The third-order valence-corrected chi connectivity index (χ3v) is 2.85. The molecule has 116 valence electrons. The van der Waals surface area contributed by atoms with Gasteiger partial charge in [0.1, 0.15) is 17.4 Å². The zero-order valence-corrected chi connectivity index (χ0v) is 12.7. The molecule has 1 amide bonds. The lowest BCUT2D eigenvalue weighted by Gasteiger charge is -2.04. The number of nitrogens with zero attached hydrogens (tertiary/aromatic N) is 3. The molecule has 1 aromatic carbocycles. The molecule has 0 aliphatic heterocycles. The van der Waals surface area contributed by atoms with Gasteiger partial charge in [0.15, 0.2) is 0 Å². The molecule has 2 aromatic rings. The van der Waals surface area contributed by atoms with E-state index in [2.05, 4.69) is 15.3 Å². The van der Waals surface area contributed by atoms with Gasteiger partial charge in [-0.2, -0.15) is 5.26 Å². The molecule has 0 saturated heterocycles. The summed E-state index contributed by atoms with van der Waals surface area (Å²) in [6, 6.07) is 8.90. The summed E-state index contributed by atoms with van der Waals surface area (Å²) in [4.78, 5) is 19.7. The number of hydrogen-bond acceptors (Lipinski definition) is 5. The highest BCUT2D eigenvalue weighted by molar-refractivity contribution is 6.01. The summed E-state index contributed by atoms with van der Waals surface area (Å²) in [6.45, 7) is 2.49. The summed E-state index contributed by atoms with van der Waals surface area (Å²) >= 11 is 0. The van der Waals surface area contributed by atoms with Crippen LogP contribution < -0.4 is 10.1 Å². The number of amides is 1. The van der Waals surface area contributed by atoms with Crippen LogP contribution in [0, 0.1) is 11.3 Å². The standard InChI is InChI=1S/C17H16N4O2/c1-2-7-21-17(22)14(11-18)10-13-3-5-15(6-4-13)23-16-12-19-8-9-20-16/h3-6,8-10,12H,2,7H2,1H3,(H,21,22)/b14-10-. The van der Waals surface area contributed by atoms with E-state index in [0.29, 0.717) is 18.2 Å². The smallest absolute Gasteiger partial charge is 0.261 e. The first-order valence-corrected chi connectivity index (χ1v) is 7.17. The van der Waals surface area contributed by atoms with Crippen LogP contribution in [-0.2, 0) is 4.79 Å². The molecule has 0 unspecified atom stereocenters. The van der Waals surface area contributed by atoms with Crippen LogP contribution in [0.2, 0.25) is 0 Å². The Morgan fingerprint density at radius 1 is 1.35 bits per heavy atom. The van der Waals surface area contributed by atoms with Gasteiger partial charge in [-0.15, -0.1) is 0 Å². The predicted octanol–water partition coefficient (Wildman–Crippen LogP) is 2.70. The number of nitriles is 1. The van der Waals surface area contributed by atoms with Crippen LogP contribution in [0.1, 0.15) is 18.9 Å². The molecule has 0 spiro atoms. The Morgan fingerprint density at radius 3 is 2.74 bits per heavy atom. The van der Waals surface area contributed by atoms with Crippen LogP contribution in [0.3, 0.4) is 0 Å². The van der Waals surface area contributed by atoms with Crippen molar-refractivity contribution in [3.8, 4) is 17.7 Å². The maximum Gasteiger partial charge on any atom is 0.261 e. The van der Waals surface area contributed by atoms with E-state index in [9.17, 15) is 4.79 Å². The first kappa shape index (κ1) is 16.2. The Bertz CT molecular complexity index is 719. The zero-order valence-electron chi connectivity index (χ0n) is 12.7. The molecular weight excluding hydrogens is 292 g/mol. The van der Waals surface area contributed by atoms with Gasteiger partial charge in [-0.3, -0.25) is 9.78 Å². The van der Waals surface area contributed by atoms with E-state index in [1.807, 2.05) is 13.0 Å². The lowest BCUT2D eigenvalue weighted by molar-refractivity contribution is -0.117. The molecule has 23 heavy (non-hydrogen) atoms. The number of carbonyl (C=O) groups excluding carboxylic acids is 1. The first-order chi connectivity index (χ1) is 11.2. The molecule has 0 aliphatic rings. The van der Waals surface area contributed by atoms with Crippen molar-refractivity contribution < 1.29 is 9.53 Å². The second kappa shape index (κ2) is 8.29. The fourth-order valence-corrected chi connectivity index (χ4v) is 1.74. The zero-order chi connectivity index (χ0) is 16.5. The van der Waals surface area contributed by atoms with E-state index in [0.717, 1.165) is 12.0 Å². The Labute approximate surface area is 134 Å². The third-order valence-electron chi connectivity index (χ3n) is 2.85. The second-order valence-corrected chi connectivity index (χ2v) is 4.64. The molecule has 0 radical (unpaired) electrons. The van der Waals surface area contributed by atoms with E-state index in [-0.39, 0.29) is 11.5 Å². The summed E-state index contributed by atoms with van der Waals surface area (Å²) in [7, 11) is 0. The van der Waals surface area contributed by atoms with Crippen LogP contribution >= 0.6 is 0 Å². The van der Waals surface area contributed by atoms with Gasteiger partial charge >= 0.3 is 0 Å². The van der Waals surface area contributed by atoms with Crippen LogP contribution in [-0.4, -0.2) is 22.4 Å². The van der Waals surface area contributed by atoms with E-state index in [1.165, 1.54) is 12.3 Å². The van der Waals surface area contributed by atoms with Crippen LogP contribution in [0.25, 0.3) is 6.08 Å². The van der Waals surface area contributed by atoms with Crippen molar-refractivity contribution in [1.29, 1.82) is 5.26 Å². The minimum atomic E-state index is -0.366. The molecule has 1 heterocycles. The molecule has 0 saturated carbocycles. The second-order valence-electron chi connectivity index (χ2n) is 4.64. The van der Waals surface area contributed by atoms with Gasteiger partial charge in [0.05, 0.1) is 6.20 Å². The van der Waals surface area contributed by atoms with Crippen molar-refractivity contribution in [3.63, 3.8) is 0 Å². The number of ether oxygens (including phenoxy) is 1. The highest BCUT2D eigenvalue weighted by atomic mass is 16.5. The summed E-state index contributed by atoms with van der Waals surface area (Å²) in [5, 5.41) is 11.8. The van der Waals surface area contributed by atoms with Gasteiger partial charge < -0.3 is 10.1 Å². The van der Waals surface area contributed by atoms with Gasteiger partial charge in [0.25, 0.3) is 5.91 Å². The number of aromatic nitrogens is 2.